The molecule has 8 heteroatoms. The number of hydrogen-bond acceptors (Lipinski definition) is 5. The Kier molecular flexibility index (Phi) is 10.9. The van der Waals surface area contributed by atoms with E-state index in [9.17, 15) is 32.9 Å². The Morgan fingerprint density at radius 2 is 0.673 bits per heavy atom. The number of anilines is 6. The van der Waals surface area contributed by atoms with Gasteiger partial charge < -0.3 is 18.9 Å². The van der Waals surface area contributed by atoms with E-state index in [1.165, 1.54) is 9.13 Å². The molecule has 0 radical (unpaired) electrons. The molecule has 2 aliphatic heterocycles. The highest BCUT2D eigenvalue weighted by atomic mass is 15.2. The third-order valence-corrected chi connectivity index (χ3v) is 21.7. The van der Waals surface area contributed by atoms with Crippen LogP contribution in [0.5, 0.6) is 0 Å². The summed E-state index contributed by atoms with van der Waals surface area (Å²) in [6, 6.07) is 41.5. The van der Waals surface area contributed by atoms with Crippen molar-refractivity contribution in [1.82, 2.24) is 24.1 Å². The van der Waals surface area contributed by atoms with Gasteiger partial charge in [0.25, 0.3) is 6.71 Å². The number of rotatable bonds is 11. The van der Waals surface area contributed by atoms with Crippen molar-refractivity contribution < 1.29 is 35.6 Å². The van der Waals surface area contributed by atoms with E-state index in [0.29, 0.717) is 55.7 Å². The summed E-state index contributed by atoms with van der Waals surface area (Å²) in [5.41, 5.74) is 7.67. The Hall–Kier alpha value is -13.4. The molecule has 2 aliphatic rings. The fraction of sp³-hybridized carbons (Fsp3) is 0.114. The van der Waals surface area contributed by atoms with Crippen molar-refractivity contribution in [1.29, 1.82) is 0 Å². The summed E-state index contributed by atoms with van der Waals surface area (Å²) in [7, 11) is 0. The van der Waals surface area contributed by atoms with Crippen molar-refractivity contribution in [3.63, 3.8) is 0 Å². The molecule has 0 amide bonds. The fourth-order valence-electron chi connectivity index (χ4n) is 16.1. The number of para-hydroxylation sites is 4. The first-order chi connectivity index (χ1) is 65.7. The third kappa shape index (κ3) is 11.8. The Morgan fingerprint density at radius 1 is 0.274 bits per heavy atom. The van der Waals surface area contributed by atoms with Gasteiger partial charge in [-0.15, -0.1) is 0 Å². The molecule has 0 unspecified atom stereocenters. The summed E-state index contributed by atoms with van der Waals surface area (Å²) >= 11 is 0. The number of benzene rings is 15. The Bertz CT molecular complexity index is 8150. The van der Waals surface area contributed by atoms with Crippen molar-refractivity contribution in [3.8, 4) is 90.0 Å². The van der Waals surface area contributed by atoms with Gasteiger partial charge in [-0.25, -0.2) is 15.0 Å². The van der Waals surface area contributed by atoms with Gasteiger partial charge in [0.15, 0.2) is 17.5 Å². The predicted molar refractivity (Wildman–Crippen MR) is 477 cm³/mol. The highest BCUT2D eigenvalue weighted by Gasteiger charge is 2.46. The van der Waals surface area contributed by atoms with Crippen LogP contribution in [0.25, 0.3) is 134 Å². The van der Waals surface area contributed by atoms with Crippen LogP contribution in [0.4, 0.5) is 34.1 Å². The van der Waals surface area contributed by atoms with Gasteiger partial charge in [0.05, 0.1) is 74.8 Å². The van der Waals surface area contributed by atoms with E-state index in [0.717, 1.165) is 38.9 Å². The lowest BCUT2D eigenvalue weighted by molar-refractivity contribution is 0.569. The SMILES string of the molecule is [2H]c1c([2H])c([2H])c(-c2nc(-c3cc(C(C)(C)C)cc(-c4ccccc4)c3N3c4cc(-n5c6c([2H])c([2H])c([2H])c([2H])c6c6c([2H])c([2H])c([2H])c([2H])c65)ccc4B4c5ccc(-c6cc(C(C)(C)C)cc(C(C)(C)C)c6)cc5N(c5ccc(-c6ccccc6)cc5-c5ccccc5)c5cc(-n6c7c([2H])c([2H])c([2H])c([2H])c7c7c([2H])c([2H])c([2H])c([2H])c76)cc3c54)nc(-c3c([2H])c([2H])c([2H])c([2H])c3[2H])n2)c([2H])c1[2H]. The van der Waals surface area contributed by atoms with Gasteiger partial charge in [0, 0.05) is 77.8 Å². The van der Waals surface area contributed by atoms with Crippen molar-refractivity contribution >= 4 is 101 Å². The van der Waals surface area contributed by atoms with E-state index in [1.54, 1.807) is 42.5 Å². The molecule has 0 spiro atoms. The number of fused-ring (bicyclic) bond motifs is 10. The molecule has 0 bridgehead atoms. The monoisotopic (exact) mass is 1480 g/mol. The fourth-order valence-corrected chi connectivity index (χ4v) is 16.1. The first kappa shape index (κ1) is 46.3. The lowest BCUT2D eigenvalue weighted by Gasteiger charge is -2.46. The first-order valence-electron chi connectivity index (χ1n) is 50.4. The normalized spacial score (nSPS) is 16.0. The molecule has 3 aromatic heterocycles. The van der Waals surface area contributed by atoms with E-state index < -0.39 is 209 Å². The highest BCUT2D eigenvalue weighted by molar-refractivity contribution is 7.00. The molecule has 0 aliphatic carbocycles. The molecule has 0 saturated heterocycles. The molecular formula is C105H84BN7. The number of aromatic nitrogens is 5. The van der Waals surface area contributed by atoms with Crippen LogP contribution in [0, 0.1) is 0 Å². The summed E-state index contributed by atoms with van der Waals surface area (Å²) in [4.78, 5) is 19.4. The second-order valence-corrected chi connectivity index (χ2v) is 31.7. The zero-order chi connectivity index (χ0) is 99.2. The van der Waals surface area contributed by atoms with E-state index in [4.69, 9.17) is 17.7 Å². The van der Waals surface area contributed by atoms with Gasteiger partial charge in [0.1, 0.15) is 0 Å². The van der Waals surface area contributed by atoms with Gasteiger partial charge in [-0.1, -0.05) is 329 Å². The van der Waals surface area contributed by atoms with Crippen LogP contribution in [0.1, 0.15) is 115 Å². The van der Waals surface area contributed by atoms with Crippen molar-refractivity contribution in [3.05, 3.63) is 362 Å². The number of hydrogen-bond donors (Lipinski definition) is 0. The third-order valence-electron chi connectivity index (χ3n) is 21.7. The van der Waals surface area contributed by atoms with Crippen LogP contribution in [0.15, 0.2) is 345 Å². The summed E-state index contributed by atoms with van der Waals surface area (Å²) in [5.74, 6) is -1.67. The van der Waals surface area contributed by atoms with Gasteiger partial charge in [0.2, 0.25) is 0 Å². The molecule has 113 heavy (non-hydrogen) atoms. The molecule has 0 fully saturated rings. The maximum atomic E-state index is 10.3. The molecule has 0 N–H and O–H groups in total. The largest absolute Gasteiger partial charge is 0.311 e. The van der Waals surface area contributed by atoms with Gasteiger partial charge >= 0.3 is 0 Å². The van der Waals surface area contributed by atoms with E-state index >= 15 is 0 Å². The van der Waals surface area contributed by atoms with Gasteiger partial charge in [-0.2, -0.15) is 0 Å². The molecule has 0 saturated carbocycles. The molecule has 0 atom stereocenters. The molecule has 15 aromatic carbocycles. The summed E-state index contributed by atoms with van der Waals surface area (Å²) in [6.45, 7) is 17.7. The Balaban J connectivity index is 1.06. The van der Waals surface area contributed by atoms with E-state index in [1.807, 2.05) is 129 Å². The van der Waals surface area contributed by atoms with Crippen LogP contribution in [-0.4, -0.2) is 30.8 Å². The van der Waals surface area contributed by atoms with Crippen molar-refractivity contribution in [2.24, 2.45) is 0 Å². The second kappa shape index (κ2) is 26.7. The average Bonchev–Trinajstić information content (AvgIpc) is 1.65. The maximum absolute atomic E-state index is 10.3. The minimum Gasteiger partial charge on any atom is -0.311 e. The molecule has 5 heterocycles. The van der Waals surface area contributed by atoms with Gasteiger partial charge in [-0.05, 0) is 161 Å². The predicted octanol–water partition coefficient (Wildman–Crippen LogP) is 25.7. The minimum atomic E-state index is -1.06. The summed E-state index contributed by atoms with van der Waals surface area (Å²) < 4.78 is 252. The molecular weight excluding hydrogens is 1370 g/mol. The van der Waals surface area contributed by atoms with E-state index in [-0.39, 0.29) is 77.6 Å². The van der Waals surface area contributed by atoms with Crippen molar-refractivity contribution in [2.45, 2.75) is 78.6 Å². The van der Waals surface area contributed by atoms with Crippen LogP contribution >= 0.6 is 0 Å². The first-order valence-corrected chi connectivity index (χ1v) is 37.4. The van der Waals surface area contributed by atoms with Gasteiger partial charge in [-0.3, -0.25) is 0 Å². The summed E-state index contributed by atoms with van der Waals surface area (Å²) in [6.07, 6.45) is 0. The lowest BCUT2D eigenvalue weighted by atomic mass is 9.33. The molecule has 7 nitrogen and oxygen atoms in total. The number of nitrogens with zero attached hydrogens (tertiary/aromatic N) is 7. The Morgan fingerprint density at radius 3 is 1.19 bits per heavy atom. The zero-order valence-electron chi connectivity index (χ0n) is 89.1. The second-order valence-electron chi connectivity index (χ2n) is 31.7. The average molecular weight is 1480 g/mol. The summed E-state index contributed by atoms with van der Waals surface area (Å²) in [5, 5.41) is -1.03. The van der Waals surface area contributed by atoms with Crippen molar-refractivity contribution in [2.75, 3.05) is 9.80 Å². The van der Waals surface area contributed by atoms with E-state index in [2.05, 4.69) is 88.9 Å². The highest BCUT2D eigenvalue weighted by Crippen LogP contribution is 2.55. The minimum absolute atomic E-state index is 0.00209. The zero-order valence-corrected chi connectivity index (χ0v) is 63.1. The van der Waals surface area contributed by atoms with Crippen LogP contribution in [-0.2, 0) is 16.2 Å². The smallest absolute Gasteiger partial charge is 0.252 e. The Labute approximate surface area is 698 Å². The van der Waals surface area contributed by atoms with Crippen LogP contribution in [0.2, 0.25) is 0 Å². The lowest BCUT2D eigenvalue weighted by Crippen LogP contribution is -2.61. The molecule has 20 rings (SSSR count). The van der Waals surface area contributed by atoms with Crippen LogP contribution in [0.3, 0.4) is 0 Å². The van der Waals surface area contributed by atoms with Crippen LogP contribution < -0.4 is 26.2 Å². The quantitative estimate of drug-likeness (QED) is 0.121. The topological polar surface area (TPSA) is 55.0 Å². The molecule has 542 valence electrons. The molecule has 18 aromatic rings. The maximum Gasteiger partial charge on any atom is 0.252 e. The standard InChI is InChI=1S/C105H84BN7/c1-103(2,3)75-57-74(58-76(61-75)104(4,5)6)73-51-54-87-94(60-73)112(93-56-52-72(67-33-15-10-16-34-67)59-84(93)68-35-17-11-18-36-68)96-65-79(111-91-49-31-27-45-82(91)83-46-28-32-50-92(83)111)66-97-98(96)106(87)88-55-53-78(110-89-47-29-25-43-80(89)81-44-26-30-48-90(81)110)64-95(88)113(97)99-85(69-37-19-12-20-38-69)62-77(105(7,8)9)63-86(99)102-108-100(70-39-21-13-22-40-70)107-101(109-102)71-41-23-14-24-42-71/h10-66H,1-9H3/i13D,14D,21D,22D,23D,24D,25D,26D,27D,28D,29D,30D,31D,32D,39D,40D,41D,42D,43D,44D,45D,46D,47D,48D,49D,50D.